The van der Waals surface area contributed by atoms with Crippen LogP contribution in [0.15, 0.2) is 36.4 Å². The van der Waals surface area contributed by atoms with Crippen LogP contribution in [-0.4, -0.2) is 36.6 Å². The summed E-state index contributed by atoms with van der Waals surface area (Å²) in [6.45, 7) is 26.0. The molecule has 0 aliphatic carbocycles. The third-order valence-electron chi connectivity index (χ3n) is 12.5. The zero-order chi connectivity index (χ0) is 37.9. The number of fused-ring (bicyclic) bond motifs is 2. The average molecular weight is 703 g/mol. The third-order valence-corrected chi connectivity index (χ3v) is 12.5. The van der Waals surface area contributed by atoms with Crippen LogP contribution in [-0.2, 0) is 18.6 Å². The molecule has 2 atom stereocenters. The van der Waals surface area contributed by atoms with Crippen LogP contribution in [0.25, 0.3) is 21.5 Å². The van der Waals surface area contributed by atoms with Crippen molar-refractivity contribution in [1.29, 1.82) is 0 Å². The van der Waals surface area contributed by atoms with Crippen molar-refractivity contribution in [3.05, 3.63) is 47.5 Å². The van der Waals surface area contributed by atoms with Crippen molar-refractivity contribution in [3.8, 4) is 23.7 Å². The molecular formula is C46H64B2O4. The van der Waals surface area contributed by atoms with E-state index >= 15 is 0 Å². The minimum absolute atomic E-state index is 0.430. The topological polar surface area (TPSA) is 36.9 Å². The molecule has 2 unspecified atom stereocenters. The fourth-order valence-corrected chi connectivity index (χ4v) is 7.24. The SMILES string of the molecule is CCCCC(CC)CC#Cc1c2ccc(B3OC(C)(C)C(C)(C)O3)cc2c(C#CCC(CC)CCCC)c2ccc(B3OC(C)(C)C(C)(C)O3)cc12. The molecule has 2 aliphatic heterocycles. The van der Waals surface area contributed by atoms with Gasteiger partial charge in [-0.2, -0.15) is 0 Å². The Hall–Kier alpha value is -2.73. The molecule has 2 aliphatic rings. The Morgan fingerprint density at radius 2 is 0.865 bits per heavy atom. The fraction of sp³-hybridized carbons (Fsp3) is 0.609. The summed E-state index contributed by atoms with van der Waals surface area (Å²) in [7, 11) is -0.929. The Labute approximate surface area is 317 Å². The van der Waals surface area contributed by atoms with E-state index in [2.05, 4.69) is 143 Å². The van der Waals surface area contributed by atoms with Gasteiger partial charge in [-0.1, -0.05) is 126 Å². The van der Waals surface area contributed by atoms with Crippen molar-refractivity contribution in [3.63, 3.8) is 0 Å². The Kier molecular flexibility index (Phi) is 12.7. The maximum absolute atomic E-state index is 6.55. The first-order chi connectivity index (χ1) is 24.6. The molecular weight excluding hydrogens is 638 g/mol. The molecule has 2 fully saturated rings. The van der Waals surface area contributed by atoms with Gasteiger partial charge in [0.1, 0.15) is 0 Å². The highest BCUT2D eigenvalue weighted by Crippen LogP contribution is 2.39. The van der Waals surface area contributed by atoms with Gasteiger partial charge in [-0.25, -0.2) is 0 Å². The van der Waals surface area contributed by atoms with Gasteiger partial charge in [0.25, 0.3) is 0 Å². The first-order valence-corrected chi connectivity index (χ1v) is 20.3. The molecule has 0 saturated carbocycles. The highest BCUT2D eigenvalue weighted by Gasteiger charge is 2.53. The van der Waals surface area contributed by atoms with Crippen LogP contribution in [0.2, 0.25) is 0 Å². The van der Waals surface area contributed by atoms with Gasteiger partial charge >= 0.3 is 14.2 Å². The van der Waals surface area contributed by atoms with Crippen LogP contribution in [0.1, 0.15) is 158 Å². The van der Waals surface area contributed by atoms with Gasteiger partial charge in [-0.15, -0.1) is 0 Å². The molecule has 4 nitrogen and oxygen atoms in total. The number of unbranched alkanes of at least 4 members (excludes halogenated alkanes) is 2. The summed E-state index contributed by atoms with van der Waals surface area (Å²) >= 11 is 0. The van der Waals surface area contributed by atoms with Gasteiger partial charge in [0.15, 0.2) is 0 Å². The van der Waals surface area contributed by atoms with E-state index in [1.165, 1.54) is 38.5 Å². The minimum atomic E-state index is -0.464. The number of hydrogen-bond acceptors (Lipinski definition) is 4. The predicted molar refractivity (Wildman–Crippen MR) is 222 cm³/mol. The maximum Gasteiger partial charge on any atom is 0.494 e. The molecule has 3 aromatic rings. The molecule has 52 heavy (non-hydrogen) atoms. The molecule has 2 saturated heterocycles. The predicted octanol–water partition coefficient (Wildman–Crippen LogP) is 10.5. The van der Waals surface area contributed by atoms with E-state index in [4.69, 9.17) is 18.6 Å². The van der Waals surface area contributed by atoms with Gasteiger partial charge in [0.05, 0.1) is 22.4 Å². The summed E-state index contributed by atoms with van der Waals surface area (Å²) in [5.74, 6) is 16.0. The van der Waals surface area contributed by atoms with Crippen LogP contribution in [0.3, 0.4) is 0 Å². The quantitative estimate of drug-likeness (QED) is 0.107. The minimum Gasteiger partial charge on any atom is -0.399 e. The lowest BCUT2D eigenvalue weighted by Crippen LogP contribution is -2.41. The second kappa shape index (κ2) is 16.3. The van der Waals surface area contributed by atoms with Crippen molar-refractivity contribution in [2.24, 2.45) is 11.8 Å². The summed E-state index contributed by atoms with van der Waals surface area (Å²) in [5.41, 5.74) is 2.35. The van der Waals surface area contributed by atoms with E-state index in [1.807, 2.05) is 0 Å². The summed E-state index contributed by atoms with van der Waals surface area (Å²) < 4.78 is 26.2. The average Bonchev–Trinajstić information content (AvgIpc) is 3.46. The Morgan fingerprint density at radius 1 is 0.519 bits per heavy atom. The Morgan fingerprint density at radius 3 is 1.17 bits per heavy atom. The zero-order valence-electron chi connectivity index (χ0n) is 34.5. The fourth-order valence-electron chi connectivity index (χ4n) is 7.24. The molecule has 0 aromatic heterocycles. The molecule has 278 valence electrons. The van der Waals surface area contributed by atoms with Crippen molar-refractivity contribution in [1.82, 2.24) is 0 Å². The summed E-state index contributed by atoms with van der Waals surface area (Å²) in [6, 6.07) is 13.2. The van der Waals surface area contributed by atoms with Crippen molar-refractivity contribution < 1.29 is 18.6 Å². The van der Waals surface area contributed by atoms with Crippen LogP contribution in [0, 0.1) is 35.5 Å². The van der Waals surface area contributed by atoms with Crippen LogP contribution in [0.4, 0.5) is 0 Å². The number of benzene rings is 3. The second-order valence-electron chi connectivity index (χ2n) is 17.4. The molecule has 0 spiro atoms. The first kappa shape index (κ1) is 40.5. The second-order valence-corrected chi connectivity index (χ2v) is 17.4. The third kappa shape index (κ3) is 8.48. The number of hydrogen-bond donors (Lipinski definition) is 0. The maximum atomic E-state index is 6.55. The standard InChI is InChI=1S/C46H64B2O4/c1-13-17-21-33(15-3)23-19-25-37-39-29-27-36(48-51-45(9,10)46(11,12)52-48)32-42(39)38(26-20-24-34(16-4)22-18-14-2)40-30-28-35(31-41(37)40)47-49-43(5,6)44(7,8)50-47/h27-34H,13-18,21-24H2,1-12H3. The van der Waals surface area contributed by atoms with E-state index in [0.29, 0.717) is 11.8 Å². The molecule has 6 heteroatoms. The van der Waals surface area contributed by atoms with Crippen LogP contribution >= 0.6 is 0 Å². The Bertz CT molecular complexity index is 1680. The van der Waals surface area contributed by atoms with E-state index in [-0.39, 0.29) is 0 Å². The zero-order valence-corrected chi connectivity index (χ0v) is 34.5. The van der Waals surface area contributed by atoms with Gasteiger partial charge in [-0.05, 0) is 113 Å². The molecule has 2 heterocycles. The lowest BCUT2D eigenvalue weighted by Gasteiger charge is -2.32. The highest BCUT2D eigenvalue weighted by molar-refractivity contribution is 6.63. The lowest BCUT2D eigenvalue weighted by molar-refractivity contribution is 0.00578. The van der Waals surface area contributed by atoms with Crippen molar-refractivity contribution >= 4 is 46.7 Å². The highest BCUT2D eigenvalue weighted by atomic mass is 16.7. The normalized spacial score (nSPS) is 19.7. The molecule has 3 aromatic carbocycles. The van der Waals surface area contributed by atoms with E-state index in [9.17, 15) is 0 Å². The summed E-state index contributed by atoms with van der Waals surface area (Å²) in [5, 5.41) is 4.41. The summed E-state index contributed by atoms with van der Waals surface area (Å²) in [4.78, 5) is 0. The monoisotopic (exact) mass is 702 g/mol. The Balaban J connectivity index is 1.73. The molecule has 0 N–H and O–H groups in total. The van der Waals surface area contributed by atoms with E-state index < -0.39 is 36.6 Å². The van der Waals surface area contributed by atoms with E-state index in [0.717, 1.165) is 69.3 Å². The number of rotatable bonds is 12. The molecule has 0 amide bonds. The smallest absolute Gasteiger partial charge is 0.399 e. The molecule has 5 rings (SSSR count). The van der Waals surface area contributed by atoms with Gasteiger partial charge < -0.3 is 18.6 Å². The first-order valence-electron chi connectivity index (χ1n) is 20.3. The molecule has 0 bridgehead atoms. The van der Waals surface area contributed by atoms with Gasteiger partial charge in [0.2, 0.25) is 0 Å². The van der Waals surface area contributed by atoms with Crippen molar-refractivity contribution in [2.45, 2.75) is 170 Å². The summed E-state index contributed by atoms with van der Waals surface area (Å²) in [6.07, 6.45) is 11.4. The van der Waals surface area contributed by atoms with Crippen molar-refractivity contribution in [2.75, 3.05) is 0 Å². The largest absolute Gasteiger partial charge is 0.494 e. The van der Waals surface area contributed by atoms with E-state index in [1.54, 1.807) is 0 Å². The van der Waals surface area contributed by atoms with Crippen LogP contribution in [0.5, 0.6) is 0 Å². The molecule has 0 radical (unpaired) electrons. The van der Waals surface area contributed by atoms with Gasteiger partial charge in [0, 0.05) is 24.0 Å². The lowest BCUT2D eigenvalue weighted by atomic mass is 9.75. The van der Waals surface area contributed by atoms with Gasteiger partial charge in [-0.3, -0.25) is 0 Å². The van der Waals surface area contributed by atoms with Crippen LogP contribution < -0.4 is 10.9 Å².